The molecule has 2 unspecified atom stereocenters. The first-order valence-corrected chi connectivity index (χ1v) is 7.05. The monoisotopic (exact) mass is 270 g/mol. The molecular weight excluding hydrogens is 244 g/mol. The molecule has 0 bridgehead atoms. The average Bonchev–Trinajstić information content (AvgIpc) is 2.46. The molecule has 19 heavy (non-hydrogen) atoms. The number of rotatable bonds is 5. The zero-order valence-corrected chi connectivity index (χ0v) is 12.2. The van der Waals surface area contributed by atoms with Gasteiger partial charge in [-0.2, -0.15) is 0 Å². The first kappa shape index (κ1) is 15.8. The quantitative estimate of drug-likeness (QED) is 0.333. The molecule has 110 valence electrons. The maximum absolute atomic E-state index is 12.3. The molecule has 2 atom stereocenters. The Balaban J connectivity index is 2.57. The molecule has 1 amide bonds. The summed E-state index contributed by atoms with van der Waals surface area (Å²) in [6.45, 7) is 9.49. The summed E-state index contributed by atoms with van der Waals surface area (Å²) >= 11 is 0. The van der Waals surface area contributed by atoms with Crippen LogP contribution >= 0.6 is 0 Å². The highest BCUT2D eigenvalue weighted by Crippen LogP contribution is 2.13. The molecule has 6 heteroatoms. The summed E-state index contributed by atoms with van der Waals surface area (Å²) in [4.78, 5) is 16.5. The molecule has 1 aliphatic heterocycles. The SMILES string of the molecule is CCC(C(=O)N1CCN(C(C)CC)CC1)C(N)=NO. The molecule has 0 aliphatic carbocycles. The Morgan fingerprint density at radius 2 is 1.84 bits per heavy atom. The third-order valence-corrected chi connectivity index (χ3v) is 4.02. The standard InChI is InChI=1S/C13H26N4O2/c1-4-10(3)16-6-8-17(9-7-16)13(18)11(5-2)12(14)15-19/h10-11,19H,4-9H2,1-3H3,(H2,14,15). The minimum Gasteiger partial charge on any atom is -0.409 e. The number of carbonyl (C=O) groups excluding carboxylic acids is 1. The molecule has 3 N–H and O–H groups in total. The van der Waals surface area contributed by atoms with Gasteiger partial charge in [0.05, 0.1) is 5.92 Å². The largest absolute Gasteiger partial charge is 0.409 e. The van der Waals surface area contributed by atoms with Crippen molar-refractivity contribution in [3.8, 4) is 0 Å². The summed E-state index contributed by atoms with van der Waals surface area (Å²) in [6, 6.07) is 0.559. The number of amides is 1. The van der Waals surface area contributed by atoms with Crippen molar-refractivity contribution in [1.29, 1.82) is 0 Å². The van der Waals surface area contributed by atoms with Crippen molar-refractivity contribution in [3.63, 3.8) is 0 Å². The number of piperazine rings is 1. The third kappa shape index (κ3) is 3.83. The minimum atomic E-state index is -0.500. The van der Waals surface area contributed by atoms with E-state index >= 15 is 0 Å². The lowest BCUT2D eigenvalue weighted by Gasteiger charge is -2.38. The first-order chi connectivity index (χ1) is 9.04. The summed E-state index contributed by atoms with van der Waals surface area (Å²) < 4.78 is 0. The number of nitrogens with two attached hydrogens (primary N) is 1. The van der Waals surface area contributed by atoms with Crippen LogP contribution in [0.15, 0.2) is 5.16 Å². The van der Waals surface area contributed by atoms with Gasteiger partial charge in [-0.3, -0.25) is 9.69 Å². The zero-order chi connectivity index (χ0) is 14.4. The minimum absolute atomic E-state index is 0.0110. The predicted molar refractivity (Wildman–Crippen MR) is 75.1 cm³/mol. The molecule has 0 saturated carbocycles. The van der Waals surface area contributed by atoms with E-state index in [1.165, 1.54) is 0 Å². The van der Waals surface area contributed by atoms with E-state index in [1.807, 2.05) is 11.8 Å². The molecule has 0 aromatic carbocycles. The van der Waals surface area contributed by atoms with Gasteiger partial charge in [-0.15, -0.1) is 0 Å². The van der Waals surface area contributed by atoms with Crippen LogP contribution in [0.4, 0.5) is 0 Å². The van der Waals surface area contributed by atoms with E-state index in [0.717, 1.165) is 32.6 Å². The van der Waals surface area contributed by atoms with Gasteiger partial charge in [0.25, 0.3) is 0 Å². The summed E-state index contributed by atoms with van der Waals surface area (Å²) in [7, 11) is 0. The van der Waals surface area contributed by atoms with Crippen LogP contribution < -0.4 is 5.73 Å². The van der Waals surface area contributed by atoms with E-state index in [-0.39, 0.29) is 11.7 Å². The van der Waals surface area contributed by atoms with E-state index in [4.69, 9.17) is 10.9 Å². The second kappa shape index (κ2) is 7.33. The van der Waals surface area contributed by atoms with Gasteiger partial charge in [0.15, 0.2) is 5.84 Å². The van der Waals surface area contributed by atoms with Crippen LogP contribution in [-0.4, -0.2) is 59.0 Å². The lowest BCUT2D eigenvalue weighted by molar-refractivity contribution is -0.135. The molecule has 0 radical (unpaired) electrons. The van der Waals surface area contributed by atoms with Crippen molar-refractivity contribution in [2.75, 3.05) is 26.2 Å². The van der Waals surface area contributed by atoms with Gasteiger partial charge in [-0.25, -0.2) is 0 Å². The van der Waals surface area contributed by atoms with E-state index in [0.29, 0.717) is 12.5 Å². The van der Waals surface area contributed by atoms with Gasteiger partial charge in [-0.05, 0) is 19.8 Å². The van der Waals surface area contributed by atoms with Crippen molar-refractivity contribution in [1.82, 2.24) is 9.80 Å². The Kier molecular flexibility index (Phi) is 6.08. The van der Waals surface area contributed by atoms with Crippen molar-refractivity contribution < 1.29 is 10.0 Å². The third-order valence-electron chi connectivity index (χ3n) is 4.02. The Morgan fingerprint density at radius 3 is 2.26 bits per heavy atom. The number of oxime groups is 1. The van der Waals surface area contributed by atoms with Crippen molar-refractivity contribution in [3.05, 3.63) is 0 Å². The van der Waals surface area contributed by atoms with Crippen LogP contribution in [0.2, 0.25) is 0 Å². The smallest absolute Gasteiger partial charge is 0.233 e. The van der Waals surface area contributed by atoms with Crippen molar-refractivity contribution >= 4 is 11.7 Å². The van der Waals surface area contributed by atoms with E-state index in [9.17, 15) is 4.79 Å². The Hall–Kier alpha value is -1.30. The van der Waals surface area contributed by atoms with Gasteiger partial charge in [0.2, 0.25) is 5.91 Å². The summed E-state index contributed by atoms with van der Waals surface area (Å²) in [6.07, 6.45) is 1.68. The maximum Gasteiger partial charge on any atom is 0.233 e. The second-order valence-electron chi connectivity index (χ2n) is 5.10. The molecule has 6 nitrogen and oxygen atoms in total. The molecule has 1 rings (SSSR count). The maximum atomic E-state index is 12.3. The summed E-state index contributed by atoms with van der Waals surface area (Å²) in [5.41, 5.74) is 5.57. The Labute approximate surface area is 115 Å². The van der Waals surface area contributed by atoms with Crippen LogP contribution in [0.1, 0.15) is 33.6 Å². The van der Waals surface area contributed by atoms with E-state index < -0.39 is 5.92 Å². The fourth-order valence-corrected chi connectivity index (χ4v) is 2.44. The molecule has 0 aromatic rings. The molecule has 1 aliphatic rings. The highest BCUT2D eigenvalue weighted by atomic mass is 16.4. The fourth-order valence-electron chi connectivity index (χ4n) is 2.44. The normalized spacial score (nSPS) is 21.2. The second-order valence-corrected chi connectivity index (χ2v) is 5.10. The molecular formula is C13H26N4O2. The van der Waals surface area contributed by atoms with E-state index in [2.05, 4.69) is 23.9 Å². The number of hydrogen-bond acceptors (Lipinski definition) is 4. The first-order valence-electron chi connectivity index (χ1n) is 7.05. The fraction of sp³-hybridized carbons (Fsp3) is 0.846. The highest BCUT2D eigenvalue weighted by Gasteiger charge is 2.29. The van der Waals surface area contributed by atoms with Gasteiger partial charge < -0.3 is 15.8 Å². The van der Waals surface area contributed by atoms with Gasteiger partial charge in [0.1, 0.15) is 0 Å². The number of hydrogen-bond donors (Lipinski definition) is 2. The van der Waals surface area contributed by atoms with Crippen LogP contribution in [0.3, 0.4) is 0 Å². The van der Waals surface area contributed by atoms with Crippen molar-refractivity contribution in [2.45, 2.75) is 39.7 Å². The Bertz CT molecular complexity index is 325. The molecule has 0 spiro atoms. The van der Waals surface area contributed by atoms with Crippen LogP contribution in [0.5, 0.6) is 0 Å². The number of amidine groups is 1. The van der Waals surface area contributed by atoms with Crippen molar-refractivity contribution in [2.24, 2.45) is 16.8 Å². The molecule has 1 heterocycles. The molecule has 0 aromatic heterocycles. The van der Waals surface area contributed by atoms with E-state index in [1.54, 1.807) is 0 Å². The summed E-state index contributed by atoms with van der Waals surface area (Å²) in [5, 5.41) is 11.7. The zero-order valence-electron chi connectivity index (χ0n) is 12.2. The van der Waals surface area contributed by atoms with Crippen LogP contribution in [0, 0.1) is 5.92 Å². The lowest BCUT2D eigenvalue weighted by atomic mass is 10.0. The predicted octanol–water partition coefficient (Wildman–Crippen LogP) is 0.702. The van der Waals surface area contributed by atoms with Gasteiger partial charge >= 0.3 is 0 Å². The van der Waals surface area contributed by atoms with Crippen LogP contribution in [0.25, 0.3) is 0 Å². The summed E-state index contributed by atoms with van der Waals surface area (Å²) in [5.74, 6) is -0.515. The van der Waals surface area contributed by atoms with Gasteiger partial charge in [-0.1, -0.05) is 19.0 Å². The average molecular weight is 270 g/mol. The van der Waals surface area contributed by atoms with Crippen LogP contribution in [-0.2, 0) is 4.79 Å². The number of nitrogens with zero attached hydrogens (tertiary/aromatic N) is 3. The highest BCUT2D eigenvalue weighted by molar-refractivity contribution is 6.02. The molecule has 1 fully saturated rings. The lowest BCUT2D eigenvalue weighted by Crippen LogP contribution is -2.53. The Morgan fingerprint density at radius 1 is 1.26 bits per heavy atom. The van der Waals surface area contributed by atoms with Gasteiger partial charge in [0, 0.05) is 32.2 Å². The number of carbonyl (C=O) groups is 1. The molecule has 1 saturated heterocycles. The topological polar surface area (TPSA) is 82.2 Å².